The number of rotatable bonds is 6. The van der Waals surface area contributed by atoms with E-state index in [9.17, 15) is 5.11 Å². The molecule has 2 aliphatic heterocycles. The summed E-state index contributed by atoms with van der Waals surface area (Å²) in [5.41, 5.74) is 2.06. The van der Waals surface area contributed by atoms with Crippen LogP contribution in [0.4, 0.5) is 0 Å². The van der Waals surface area contributed by atoms with Gasteiger partial charge in [0.2, 0.25) is 0 Å². The molecule has 3 atom stereocenters. The number of nitrogens with one attached hydrogen (secondary N) is 1. The van der Waals surface area contributed by atoms with E-state index < -0.39 is 0 Å². The zero-order chi connectivity index (χ0) is 18.7. The highest BCUT2D eigenvalue weighted by Gasteiger charge is 2.40. The van der Waals surface area contributed by atoms with Crippen molar-refractivity contribution in [2.45, 2.75) is 50.2 Å². The van der Waals surface area contributed by atoms with E-state index in [0.717, 1.165) is 26.1 Å². The van der Waals surface area contributed by atoms with Crippen LogP contribution in [0.5, 0.6) is 0 Å². The molecule has 7 heteroatoms. The number of aliphatic hydroxyl groups excluding tert-OH is 1. The minimum atomic E-state index is -0.382. The number of aliphatic hydroxyl groups is 1. The summed E-state index contributed by atoms with van der Waals surface area (Å²) in [6.07, 6.45) is 4.19. The maximum Gasteiger partial charge on any atom is 0.0802 e. The van der Waals surface area contributed by atoms with Crippen LogP contribution in [0.2, 0.25) is 0 Å². The van der Waals surface area contributed by atoms with Gasteiger partial charge in [0.05, 0.1) is 31.1 Å². The van der Waals surface area contributed by atoms with Gasteiger partial charge in [-0.2, -0.15) is 5.10 Å². The Morgan fingerprint density at radius 3 is 2.77 bits per heavy atom. The fourth-order valence-electron chi connectivity index (χ4n) is 4.09. The van der Waals surface area contributed by atoms with Crippen LogP contribution in [-0.4, -0.2) is 78.0 Å². The number of aromatic nitrogens is 2. The van der Waals surface area contributed by atoms with Crippen LogP contribution in [0.3, 0.4) is 0 Å². The summed E-state index contributed by atoms with van der Waals surface area (Å²) in [5.74, 6) is 0.469. The van der Waals surface area contributed by atoms with Gasteiger partial charge < -0.3 is 19.9 Å². The van der Waals surface area contributed by atoms with Gasteiger partial charge in [0, 0.05) is 56.6 Å². The van der Waals surface area contributed by atoms with Crippen molar-refractivity contribution in [1.82, 2.24) is 20.0 Å². The van der Waals surface area contributed by atoms with Crippen LogP contribution in [-0.2, 0) is 16.5 Å². The van der Waals surface area contributed by atoms with Crippen LogP contribution in [0.25, 0.3) is 0 Å². The number of aryl methyl sites for hydroxylation is 1. The lowest BCUT2D eigenvalue weighted by atomic mass is 9.91. The van der Waals surface area contributed by atoms with E-state index in [4.69, 9.17) is 14.6 Å². The predicted molar refractivity (Wildman–Crippen MR) is 100 cm³/mol. The second kappa shape index (κ2) is 8.35. The maximum absolute atomic E-state index is 10.1. The van der Waals surface area contributed by atoms with E-state index in [1.807, 2.05) is 11.7 Å². The first-order chi connectivity index (χ1) is 12.5. The molecule has 3 rings (SSSR count). The lowest BCUT2D eigenvalue weighted by Gasteiger charge is -2.47. The van der Waals surface area contributed by atoms with Crippen LogP contribution in [0.1, 0.15) is 49.9 Å². The Kier molecular flexibility index (Phi) is 6.35. The molecule has 2 aliphatic rings. The topological polar surface area (TPSA) is 71.8 Å². The molecule has 2 fully saturated rings. The SMILES string of the molecule is CC(NC[C@]1(CO)COC[C@@H](C)N1C)c1cn(C)nc1C1CCOCC1. The van der Waals surface area contributed by atoms with Crippen molar-refractivity contribution in [1.29, 1.82) is 0 Å². The number of hydrogen-bond acceptors (Lipinski definition) is 6. The summed E-state index contributed by atoms with van der Waals surface area (Å²) in [7, 11) is 4.06. The van der Waals surface area contributed by atoms with Gasteiger partial charge in [-0.1, -0.05) is 0 Å². The zero-order valence-electron chi connectivity index (χ0n) is 16.6. The van der Waals surface area contributed by atoms with E-state index in [1.165, 1.54) is 11.3 Å². The molecule has 3 heterocycles. The summed E-state index contributed by atoms with van der Waals surface area (Å²) >= 11 is 0. The summed E-state index contributed by atoms with van der Waals surface area (Å²) in [4.78, 5) is 2.25. The van der Waals surface area contributed by atoms with Crippen molar-refractivity contribution in [2.75, 3.05) is 46.6 Å². The molecule has 0 bridgehead atoms. The maximum atomic E-state index is 10.1. The summed E-state index contributed by atoms with van der Waals surface area (Å²) < 4.78 is 13.2. The molecule has 26 heavy (non-hydrogen) atoms. The van der Waals surface area contributed by atoms with Crippen molar-refractivity contribution in [2.24, 2.45) is 7.05 Å². The molecule has 1 aromatic rings. The van der Waals surface area contributed by atoms with Crippen LogP contribution < -0.4 is 5.32 Å². The highest BCUT2D eigenvalue weighted by molar-refractivity contribution is 5.25. The Hall–Kier alpha value is -0.990. The normalized spacial score (nSPS) is 29.8. The number of nitrogens with zero attached hydrogens (tertiary/aromatic N) is 3. The van der Waals surface area contributed by atoms with Crippen molar-refractivity contribution < 1.29 is 14.6 Å². The third-order valence-corrected chi connectivity index (χ3v) is 6.13. The number of morpholine rings is 1. The molecular formula is C19H34N4O3. The Labute approximate surface area is 156 Å². The summed E-state index contributed by atoms with van der Waals surface area (Å²) in [5, 5.41) is 18.5. The number of hydrogen-bond donors (Lipinski definition) is 2. The predicted octanol–water partition coefficient (Wildman–Crippen LogP) is 1.05. The molecule has 0 radical (unpaired) electrons. The standard InChI is InChI=1S/C19H34N4O3/c1-14-10-26-13-19(12-24,23(14)4)11-20-15(2)17-9-22(3)21-18(17)16-5-7-25-8-6-16/h9,14-16,20,24H,5-8,10-13H2,1-4H3/t14-,15?,19+/m1/s1. The monoisotopic (exact) mass is 366 g/mol. The highest BCUT2D eigenvalue weighted by Crippen LogP contribution is 2.31. The fourth-order valence-corrected chi connectivity index (χ4v) is 4.09. The summed E-state index contributed by atoms with van der Waals surface area (Å²) in [6.45, 7) is 7.96. The van der Waals surface area contributed by atoms with E-state index in [2.05, 4.69) is 37.3 Å². The van der Waals surface area contributed by atoms with E-state index in [0.29, 0.717) is 31.7 Å². The molecule has 0 aliphatic carbocycles. The Morgan fingerprint density at radius 2 is 2.08 bits per heavy atom. The number of likely N-dealkylation sites (N-methyl/N-ethyl adjacent to an activating group) is 1. The Balaban J connectivity index is 1.70. The van der Waals surface area contributed by atoms with E-state index in [1.54, 1.807) is 0 Å². The fraction of sp³-hybridized carbons (Fsp3) is 0.842. The molecule has 1 unspecified atom stereocenters. The third kappa shape index (κ3) is 3.97. The van der Waals surface area contributed by atoms with E-state index in [-0.39, 0.29) is 18.2 Å². The average molecular weight is 367 g/mol. The first-order valence-electron chi connectivity index (χ1n) is 9.73. The minimum Gasteiger partial charge on any atom is -0.394 e. The average Bonchev–Trinajstić information content (AvgIpc) is 3.05. The van der Waals surface area contributed by atoms with Crippen molar-refractivity contribution in [3.8, 4) is 0 Å². The Bertz CT molecular complexity index is 587. The van der Waals surface area contributed by atoms with Gasteiger partial charge in [0.25, 0.3) is 0 Å². The second-order valence-corrected chi connectivity index (χ2v) is 7.99. The van der Waals surface area contributed by atoms with Crippen LogP contribution in [0.15, 0.2) is 6.20 Å². The van der Waals surface area contributed by atoms with Gasteiger partial charge in [0.1, 0.15) is 0 Å². The molecule has 0 aromatic carbocycles. The molecule has 0 saturated carbocycles. The summed E-state index contributed by atoms with van der Waals surface area (Å²) in [6, 6.07) is 0.458. The largest absolute Gasteiger partial charge is 0.394 e. The smallest absolute Gasteiger partial charge is 0.0802 e. The van der Waals surface area contributed by atoms with Gasteiger partial charge in [-0.3, -0.25) is 9.58 Å². The molecular weight excluding hydrogens is 332 g/mol. The van der Waals surface area contributed by atoms with Gasteiger partial charge >= 0.3 is 0 Å². The van der Waals surface area contributed by atoms with Crippen LogP contribution in [0, 0.1) is 0 Å². The van der Waals surface area contributed by atoms with Gasteiger partial charge in [-0.15, -0.1) is 0 Å². The molecule has 2 saturated heterocycles. The quantitative estimate of drug-likeness (QED) is 0.784. The molecule has 148 valence electrons. The molecule has 2 N–H and O–H groups in total. The molecule has 0 amide bonds. The zero-order valence-corrected chi connectivity index (χ0v) is 16.6. The van der Waals surface area contributed by atoms with Gasteiger partial charge in [-0.05, 0) is 33.7 Å². The third-order valence-electron chi connectivity index (χ3n) is 6.13. The van der Waals surface area contributed by atoms with Crippen molar-refractivity contribution >= 4 is 0 Å². The van der Waals surface area contributed by atoms with Gasteiger partial charge in [0.15, 0.2) is 0 Å². The second-order valence-electron chi connectivity index (χ2n) is 7.99. The van der Waals surface area contributed by atoms with Crippen molar-refractivity contribution in [3.63, 3.8) is 0 Å². The minimum absolute atomic E-state index is 0.0768. The lowest BCUT2D eigenvalue weighted by molar-refractivity contribution is -0.106. The Morgan fingerprint density at radius 1 is 1.35 bits per heavy atom. The first-order valence-corrected chi connectivity index (χ1v) is 9.73. The van der Waals surface area contributed by atoms with Gasteiger partial charge in [-0.25, -0.2) is 0 Å². The lowest BCUT2D eigenvalue weighted by Crippen LogP contribution is -2.65. The molecule has 7 nitrogen and oxygen atoms in total. The number of ether oxygens (including phenoxy) is 2. The highest BCUT2D eigenvalue weighted by atomic mass is 16.5. The molecule has 1 aromatic heterocycles. The first kappa shape index (κ1) is 19.8. The van der Waals surface area contributed by atoms with Crippen LogP contribution >= 0.6 is 0 Å². The molecule has 0 spiro atoms. The van der Waals surface area contributed by atoms with E-state index >= 15 is 0 Å². The van der Waals surface area contributed by atoms with Crippen molar-refractivity contribution in [3.05, 3.63) is 17.5 Å².